The van der Waals surface area contributed by atoms with E-state index in [1.54, 1.807) is 13.0 Å². The van der Waals surface area contributed by atoms with Crippen molar-refractivity contribution >= 4 is 11.6 Å². The highest BCUT2D eigenvalue weighted by atomic mass is 35.5. The molecule has 1 aromatic rings. The van der Waals surface area contributed by atoms with Crippen molar-refractivity contribution in [2.75, 3.05) is 0 Å². The number of aliphatic hydroxyl groups is 1. The van der Waals surface area contributed by atoms with Crippen LogP contribution in [0.15, 0.2) is 12.1 Å². The summed E-state index contributed by atoms with van der Waals surface area (Å²) in [6.07, 6.45) is -0.319. The molecule has 0 spiro atoms. The normalized spacial score (nSPS) is 13.0. The number of aliphatic hydroxyl groups excluding tert-OH is 1. The molecule has 3 heteroatoms. The standard InChI is InChI=1S/C10H12ClFO/c1-6-3-4-9(12)8(10(6)11)5-7(2)13/h3-4,7,13H,5H2,1-2H3. The quantitative estimate of drug-likeness (QED) is 0.782. The van der Waals surface area contributed by atoms with E-state index in [1.807, 2.05) is 6.92 Å². The first-order valence-corrected chi connectivity index (χ1v) is 4.51. The SMILES string of the molecule is Cc1ccc(F)c(CC(C)O)c1Cl. The summed E-state index contributed by atoms with van der Waals surface area (Å²) in [6, 6.07) is 3.00. The van der Waals surface area contributed by atoms with Crippen LogP contribution in [0.2, 0.25) is 5.02 Å². The van der Waals surface area contributed by atoms with E-state index in [1.165, 1.54) is 6.07 Å². The molecule has 0 amide bonds. The molecule has 0 aliphatic heterocycles. The van der Waals surface area contributed by atoms with E-state index in [-0.39, 0.29) is 12.2 Å². The maximum absolute atomic E-state index is 13.2. The molecule has 1 atom stereocenters. The number of hydrogen-bond donors (Lipinski definition) is 1. The van der Waals surface area contributed by atoms with E-state index in [0.717, 1.165) is 5.56 Å². The van der Waals surface area contributed by atoms with Crippen molar-refractivity contribution in [1.29, 1.82) is 0 Å². The summed E-state index contributed by atoms with van der Waals surface area (Å²) in [4.78, 5) is 0. The van der Waals surface area contributed by atoms with Crippen molar-refractivity contribution in [3.8, 4) is 0 Å². The van der Waals surface area contributed by atoms with Crippen LogP contribution in [0.1, 0.15) is 18.1 Å². The molecular weight excluding hydrogens is 191 g/mol. The van der Waals surface area contributed by atoms with E-state index in [9.17, 15) is 4.39 Å². The Kier molecular flexibility index (Phi) is 3.28. The van der Waals surface area contributed by atoms with Crippen LogP contribution in [0.4, 0.5) is 4.39 Å². The van der Waals surface area contributed by atoms with Gasteiger partial charge in [-0.25, -0.2) is 4.39 Å². The predicted octanol–water partition coefficient (Wildman–Crippen LogP) is 2.71. The molecular formula is C10H12ClFO. The number of halogens is 2. The molecule has 1 unspecified atom stereocenters. The third-order valence-corrected chi connectivity index (χ3v) is 2.40. The number of aryl methyl sites for hydroxylation is 1. The van der Waals surface area contributed by atoms with Crippen molar-refractivity contribution in [3.05, 3.63) is 34.1 Å². The van der Waals surface area contributed by atoms with E-state index < -0.39 is 6.10 Å². The third-order valence-electron chi connectivity index (χ3n) is 1.88. The molecule has 0 radical (unpaired) electrons. The average Bonchev–Trinajstić information content (AvgIpc) is 2.05. The highest BCUT2D eigenvalue weighted by molar-refractivity contribution is 6.32. The van der Waals surface area contributed by atoms with Crippen molar-refractivity contribution < 1.29 is 9.50 Å². The Balaban J connectivity index is 3.10. The highest BCUT2D eigenvalue weighted by Gasteiger charge is 2.11. The van der Waals surface area contributed by atoms with Gasteiger partial charge in [-0.2, -0.15) is 0 Å². The molecule has 0 saturated heterocycles. The molecule has 0 saturated carbocycles. The Hall–Kier alpha value is -0.600. The van der Waals surface area contributed by atoms with Gasteiger partial charge in [0.25, 0.3) is 0 Å². The third kappa shape index (κ3) is 2.42. The molecule has 13 heavy (non-hydrogen) atoms. The number of benzene rings is 1. The Bertz CT molecular complexity index is 310. The molecule has 1 aromatic carbocycles. The molecule has 0 aliphatic rings. The van der Waals surface area contributed by atoms with Gasteiger partial charge in [-0.3, -0.25) is 0 Å². The van der Waals surface area contributed by atoms with Crippen LogP contribution in [0.5, 0.6) is 0 Å². The van der Waals surface area contributed by atoms with Crippen molar-refractivity contribution in [3.63, 3.8) is 0 Å². The van der Waals surface area contributed by atoms with Crippen LogP contribution < -0.4 is 0 Å². The van der Waals surface area contributed by atoms with Gasteiger partial charge in [-0.15, -0.1) is 0 Å². The maximum Gasteiger partial charge on any atom is 0.128 e. The first-order chi connectivity index (χ1) is 6.02. The van der Waals surface area contributed by atoms with Crippen LogP contribution in [-0.4, -0.2) is 11.2 Å². The topological polar surface area (TPSA) is 20.2 Å². The molecule has 72 valence electrons. The van der Waals surface area contributed by atoms with Gasteiger partial charge in [0.05, 0.1) is 6.10 Å². The second kappa shape index (κ2) is 4.07. The molecule has 1 rings (SSSR count). The van der Waals surface area contributed by atoms with Gasteiger partial charge in [0.2, 0.25) is 0 Å². The first-order valence-electron chi connectivity index (χ1n) is 4.14. The van der Waals surface area contributed by atoms with Crippen molar-refractivity contribution in [2.45, 2.75) is 26.4 Å². The van der Waals surface area contributed by atoms with E-state index in [4.69, 9.17) is 16.7 Å². The van der Waals surface area contributed by atoms with Crippen LogP contribution in [0.25, 0.3) is 0 Å². The van der Waals surface area contributed by atoms with Gasteiger partial charge in [-0.1, -0.05) is 17.7 Å². The molecule has 0 bridgehead atoms. The number of rotatable bonds is 2. The van der Waals surface area contributed by atoms with Crippen LogP contribution in [0, 0.1) is 12.7 Å². The van der Waals surface area contributed by atoms with Crippen LogP contribution in [0.3, 0.4) is 0 Å². The Morgan fingerprint density at radius 3 is 2.69 bits per heavy atom. The second-order valence-corrected chi connectivity index (χ2v) is 3.59. The van der Waals surface area contributed by atoms with Crippen molar-refractivity contribution in [1.82, 2.24) is 0 Å². The average molecular weight is 203 g/mol. The fraction of sp³-hybridized carbons (Fsp3) is 0.400. The second-order valence-electron chi connectivity index (χ2n) is 3.21. The van der Waals surface area contributed by atoms with Gasteiger partial charge in [0.15, 0.2) is 0 Å². The van der Waals surface area contributed by atoms with E-state index >= 15 is 0 Å². The van der Waals surface area contributed by atoms with E-state index in [2.05, 4.69) is 0 Å². The summed E-state index contributed by atoms with van der Waals surface area (Å²) in [5.74, 6) is -0.350. The fourth-order valence-corrected chi connectivity index (χ4v) is 1.43. The zero-order valence-electron chi connectivity index (χ0n) is 7.64. The minimum atomic E-state index is -0.575. The summed E-state index contributed by atoms with van der Waals surface area (Å²) < 4.78 is 13.2. The lowest BCUT2D eigenvalue weighted by molar-refractivity contribution is 0.194. The largest absolute Gasteiger partial charge is 0.393 e. The Morgan fingerprint density at radius 2 is 2.15 bits per heavy atom. The lowest BCUT2D eigenvalue weighted by Gasteiger charge is -2.09. The molecule has 0 aromatic heterocycles. The first kappa shape index (κ1) is 10.5. The lowest BCUT2D eigenvalue weighted by Crippen LogP contribution is -2.07. The van der Waals surface area contributed by atoms with Crippen LogP contribution >= 0.6 is 11.6 Å². The zero-order chi connectivity index (χ0) is 10.0. The minimum Gasteiger partial charge on any atom is -0.393 e. The molecule has 1 nitrogen and oxygen atoms in total. The predicted molar refractivity (Wildman–Crippen MR) is 51.5 cm³/mol. The molecule has 0 fully saturated rings. The summed E-state index contributed by atoms with van der Waals surface area (Å²) in [7, 11) is 0. The fourth-order valence-electron chi connectivity index (χ4n) is 1.20. The van der Waals surface area contributed by atoms with Gasteiger partial charge in [0, 0.05) is 17.0 Å². The zero-order valence-corrected chi connectivity index (χ0v) is 8.40. The summed E-state index contributed by atoms with van der Waals surface area (Å²) >= 11 is 5.89. The van der Waals surface area contributed by atoms with E-state index in [0.29, 0.717) is 10.6 Å². The monoisotopic (exact) mass is 202 g/mol. The summed E-state index contributed by atoms with van der Waals surface area (Å²) in [6.45, 7) is 3.42. The minimum absolute atomic E-state index is 0.256. The lowest BCUT2D eigenvalue weighted by atomic mass is 10.1. The number of hydrogen-bond acceptors (Lipinski definition) is 1. The van der Waals surface area contributed by atoms with Crippen LogP contribution in [-0.2, 0) is 6.42 Å². The molecule has 0 heterocycles. The summed E-state index contributed by atoms with van der Waals surface area (Å²) in [5, 5.41) is 9.54. The van der Waals surface area contributed by atoms with Gasteiger partial charge in [0.1, 0.15) is 5.82 Å². The van der Waals surface area contributed by atoms with Crippen molar-refractivity contribution in [2.24, 2.45) is 0 Å². The van der Waals surface area contributed by atoms with Gasteiger partial charge >= 0.3 is 0 Å². The van der Waals surface area contributed by atoms with Gasteiger partial charge in [-0.05, 0) is 25.5 Å². The highest BCUT2D eigenvalue weighted by Crippen LogP contribution is 2.24. The van der Waals surface area contributed by atoms with Gasteiger partial charge < -0.3 is 5.11 Å². The maximum atomic E-state index is 13.2. The Labute approximate surface area is 82.2 Å². The molecule has 0 aliphatic carbocycles. The smallest absolute Gasteiger partial charge is 0.128 e. The Morgan fingerprint density at radius 1 is 1.54 bits per heavy atom. The summed E-state index contributed by atoms with van der Waals surface area (Å²) in [5.41, 5.74) is 1.23. The molecule has 1 N–H and O–H groups in total.